The first-order chi connectivity index (χ1) is 8.20. The molecule has 0 N–H and O–H groups in total. The van der Waals surface area contributed by atoms with Crippen LogP contribution in [-0.2, 0) is 9.53 Å². The fraction of sp³-hybridized carbons (Fsp3) is 0.750. The molecule has 5 nitrogen and oxygen atoms in total. The highest BCUT2D eigenvalue weighted by atomic mass is 16.5. The Balaban J connectivity index is 1.88. The van der Waals surface area contributed by atoms with Crippen molar-refractivity contribution in [3.8, 4) is 0 Å². The standard InChI is InChI=1S/C12H18N2O3/c1-3-16-12(15)10-6-4-9(5-7-10)11-13-8(2)17-14-11/h9-10H,3-7H2,1-2H3. The summed E-state index contributed by atoms with van der Waals surface area (Å²) < 4.78 is 10.0. The predicted molar refractivity (Wildman–Crippen MR) is 60.4 cm³/mol. The Hall–Kier alpha value is -1.39. The number of ether oxygens (including phenoxy) is 1. The quantitative estimate of drug-likeness (QED) is 0.755. The lowest BCUT2D eigenvalue weighted by molar-refractivity contribution is -0.149. The van der Waals surface area contributed by atoms with Crippen molar-refractivity contribution in [2.75, 3.05) is 6.61 Å². The molecule has 94 valence electrons. The number of aryl methyl sites for hydroxylation is 1. The van der Waals surface area contributed by atoms with Gasteiger partial charge in [0.2, 0.25) is 5.89 Å². The normalized spacial score (nSPS) is 24.6. The molecule has 1 aliphatic carbocycles. The number of hydrogen-bond donors (Lipinski definition) is 0. The second kappa shape index (κ2) is 5.29. The maximum absolute atomic E-state index is 11.6. The van der Waals surface area contributed by atoms with Gasteiger partial charge in [0.15, 0.2) is 5.82 Å². The lowest BCUT2D eigenvalue weighted by Gasteiger charge is -2.24. The summed E-state index contributed by atoms with van der Waals surface area (Å²) in [5.74, 6) is 1.71. The zero-order valence-electron chi connectivity index (χ0n) is 10.3. The molecule has 0 atom stereocenters. The van der Waals surface area contributed by atoms with Crippen LogP contribution in [0.1, 0.15) is 50.2 Å². The van der Waals surface area contributed by atoms with Gasteiger partial charge in [-0.05, 0) is 32.6 Å². The van der Waals surface area contributed by atoms with Gasteiger partial charge >= 0.3 is 5.97 Å². The molecule has 0 aliphatic heterocycles. The number of hydrogen-bond acceptors (Lipinski definition) is 5. The van der Waals surface area contributed by atoms with Crippen molar-refractivity contribution in [3.63, 3.8) is 0 Å². The Morgan fingerprint density at radius 3 is 2.65 bits per heavy atom. The van der Waals surface area contributed by atoms with E-state index in [1.807, 2.05) is 6.92 Å². The van der Waals surface area contributed by atoms with E-state index in [-0.39, 0.29) is 11.9 Å². The highest BCUT2D eigenvalue weighted by Gasteiger charge is 2.29. The van der Waals surface area contributed by atoms with Gasteiger partial charge in [-0.15, -0.1) is 0 Å². The van der Waals surface area contributed by atoms with E-state index in [9.17, 15) is 4.79 Å². The molecule has 0 aromatic carbocycles. The van der Waals surface area contributed by atoms with Gasteiger partial charge < -0.3 is 9.26 Å². The molecular formula is C12H18N2O3. The zero-order chi connectivity index (χ0) is 12.3. The number of aromatic nitrogens is 2. The lowest BCUT2D eigenvalue weighted by atomic mass is 9.82. The molecular weight excluding hydrogens is 220 g/mol. The monoisotopic (exact) mass is 238 g/mol. The van der Waals surface area contributed by atoms with Gasteiger partial charge in [0.25, 0.3) is 0 Å². The summed E-state index contributed by atoms with van der Waals surface area (Å²) >= 11 is 0. The fourth-order valence-electron chi connectivity index (χ4n) is 2.33. The molecule has 0 spiro atoms. The molecule has 0 saturated heterocycles. The summed E-state index contributed by atoms with van der Waals surface area (Å²) in [6.07, 6.45) is 3.58. The first-order valence-electron chi connectivity index (χ1n) is 6.17. The topological polar surface area (TPSA) is 65.2 Å². The van der Waals surface area contributed by atoms with E-state index in [0.29, 0.717) is 18.4 Å². The Morgan fingerprint density at radius 1 is 1.41 bits per heavy atom. The van der Waals surface area contributed by atoms with Gasteiger partial charge in [0.05, 0.1) is 12.5 Å². The summed E-state index contributed by atoms with van der Waals surface area (Å²) in [5.41, 5.74) is 0. The Kier molecular flexibility index (Phi) is 3.76. The van der Waals surface area contributed by atoms with Crippen molar-refractivity contribution >= 4 is 5.97 Å². The van der Waals surface area contributed by atoms with Gasteiger partial charge in [-0.1, -0.05) is 5.16 Å². The number of nitrogens with zero attached hydrogens (tertiary/aromatic N) is 2. The molecule has 1 saturated carbocycles. The van der Waals surface area contributed by atoms with Crippen molar-refractivity contribution in [3.05, 3.63) is 11.7 Å². The zero-order valence-corrected chi connectivity index (χ0v) is 10.3. The van der Waals surface area contributed by atoms with Crippen LogP contribution in [0.2, 0.25) is 0 Å². The molecule has 1 aromatic rings. The Labute approximate surface area is 101 Å². The summed E-state index contributed by atoms with van der Waals surface area (Å²) in [7, 11) is 0. The third kappa shape index (κ3) is 2.84. The highest BCUT2D eigenvalue weighted by Crippen LogP contribution is 2.34. The van der Waals surface area contributed by atoms with Gasteiger partial charge in [-0.25, -0.2) is 0 Å². The van der Waals surface area contributed by atoms with E-state index in [1.165, 1.54) is 0 Å². The third-order valence-corrected chi connectivity index (χ3v) is 3.26. The van der Waals surface area contributed by atoms with Crippen LogP contribution in [0.3, 0.4) is 0 Å². The number of carbonyl (C=O) groups is 1. The van der Waals surface area contributed by atoms with Crippen LogP contribution >= 0.6 is 0 Å². The molecule has 1 fully saturated rings. The van der Waals surface area contributed by atoms with Gasteiger partial charge in [0, 0.05) is 12.8 Å². The maximum atomic E-state index is 11.6. The van der Waals surface area contributed by atoms with Crippen LogP contribution < -0.4 is 0 Å². The molecule has 17 heavy (non-hydrogen) atoms. The second-order valence-electron chi connectivity index (χ2n) is 4.47. The molecule has 5 heteroatoms. The molecule has 0 unspecified atom stereocenters. The molecule has 1 aromatic heterocycles. The minimum absolute atomic E-state index is 0.0548. The molecule has 2 rings (SSSR count). The van der Waals surface area contributed by atoms with Crippen LogP contribution in [0.15, 0.2) is 4.52 Å². The molecule has 0 radical (unpaired) electrons. The van der Waals surface area contributed by atoms with Crippen LogP contribution in [0.25, 0.3) is 0 Å². The largest absolute Gasteiger partial charge is 0.466 e. The highest BCUT2D eigenvalue weighted by molar-refractivity contribution is 5.72. The van der Waals surface area contributed by atoms with E-state index in [2.05, 4.69) is 10.1 Å². The van der Waals surface area contributed by atoms with Crippen molar-refractivity contribution in [2.45, 2.75) is 45.4 Å². The van der Waals surface area contributed by atoms with E-state index in [4.69, 9.17) is 9.26 Å². The Bertz CT molecular complexity index is 381. The average molecular weight is 238 g/mol. The van der Waals surface area contributed by atoms with E-state index < -0.39 is 0 Å². The van der Waals surface area contributed by atoms with Crippen molar-refractivity contribution in [2.24, 2.45) is 5.92 Å². The number of rotatable bonds is 3. The van der Waals surface area contributed by atoms with E-state index in [1.54, 1.807) is 6.92 Å². The third-order valence-electron chi connectivity index (χ3n) is 3.26. The van der Waals surface area contributed by atoms with Gasteiger partial charge in [0.1, 0.15) is 0 Å². The minimum atomic E-state index is -0.0600. The maximum Gasteiger partial charge on any atom is 0.308 e. The molecule has 0 amide bonds. The molecule has 0 bridgehead atoms. The first kappa shape index (κ1) is 12.1. The van der Waals surface area contributed by atoms with E-state index >= 15 is 0 Å². The number of carbonyl (C=O) groups excluding carboxylic acids is 1. The average Bonchev–Trinajstić information content (AvgIpc) is 2.76. The fourth-order valence-corrected chi connectivity index (χ4v) is 2.33. The smallest absolute Gasteiger partial charge is 0.308 e. The summed E-state index contributed by atoms with van der Waals surface area (Å²) in [4.78, 5) is 15.8. The Morgan fingerprint density at radius 2 is 2.12 bits per heavy atom. The van der Waals surface area contributed by atoms with Crippen molar-refractivity contribution in [1.82, 2.24) is 10.1 Å². The van der Waals surface area contributed by atoms with Crippen LogP contribution in [0.5, 0.6) is 0 Å². The van der Waals surface area contributed by atoms with Gasteiger partial charge in [-0.3, -0.25) is 4.79 Å². The first-order valence-corrected chi connectivity index (χ1v) is 6.17. The number of esters is 1. The van der Waals surface area contributed by atoms with Crippen molar-refractivity contribution in [1.29, 1.82) is 0 Å². The molecule has 1 aliphatic rings. The summed E-state index contributed by atoms with van der Waals surface area (Å²) in [5, 5.41) is 3.94. The lowest BCUT2D eigenvalue weighted by Crippen LogP contribution is -2.23. The summed E-state index contributed by atoms with van der Waals surface area (Å²) in [6.45, 7) is 4.09. The minimum Gasteiger partial charge on any atom is -0.466 e. The molecule has 1 heterocycles. The summed E-state index contributed by atoms with van der Waals surface area (Å²) in [6, 6.07) is 0. The van der Waals surface area contributed by atoms with Crippen LogP contribution in [0.4, 0.5) is 0 Å². The van der Waals surface area contributed by atoms with Gasteiger partial charge in [-0.2, -0.15) is 4.98 Å². The van der Waals surface area contributed by atoms with Crippen molar-refractivity contribution < 1.29 is 14.1 Å². The van der Waals surface area contributed by atoms with Crippen LogP contribution in [0, 0.1) is 12.8 Å². The van der Waals surface area contributed by atoms with E-state index in [0.717, 1.165) is 31.5 Å². The predicted octanol–water partition coefficient (Wildman–Crippen LogP) is 2.21. The SMILES string of the molecule is CCOC(=O)C1CCC(c2noc(C)n2)CC1. The second-order valence-corrected chi connectivity index (χ2v) is 4.47. The van der Waals surface area contributed by atoms with Crippen LogP contribution in [-0.4, -0.2) is 22.7 Å².